The summed E-state index contributed by atoms with van der Waals surface area (Å²) >= 11 is 0. The van der Waals surface area contributed by atoms with Gasteiger partial charge in [0.15, 0.2) is 0 Å². The third-order valence-corrected chi connectivity index (χ3v) is 4.52. The number of hydrogen-bond acceptors (Lipinski definition) is 5. The molecule has 0 fully saturated rings. The number of carbonyl (C=O) groups excluding carboxylic acids is 2. The number of hydrogen-bond donors (Lipinski definition) is 2. The van der Waals surface area contributed by atoms with Crippen molar-refractivity contribution in [2.45, 2.75) is 12.5 Å². The summed E-state index contributed by atoms with van der Waals surface area (Å²) in [5.74, 6) is 0.362. The molecule has 2 aromatic carbocycles. The van der Waals surface area contributed by atoms with Gasteiger partial charge >= 0.3 is 0 Å². The van der Waals surface area contributed by atoms with Gasteiger partial charge < -0.3 is 15.0 Å². The molecule has 1 atom stereocenters. The Hall–Kier alpha value is -3.68. The largest absolute Gasteiger partial charge is 0.489 e. The number of nitrogens with one attached hydrogen (secondary N) is 2. The minimum Gasteiger partial charge on any atom is -0.489 e. The summed E-state index contributed by atoms with van der Waals surface area (Å²) in [5, 5.41) is 9.41. The SMILES string of the molecule is CN1C(=O)C(NC(=O)c2n[nH]c(Cc3ccccc3)n2)COc2ccccc21. The minimum absolute atomic E-state index is 0.0110. The third kappa shape index (κ3) is 3.57. The van der Waals surface area contributed by atoms with Crippen LogP contribution < -0.4 is 15.0 Å². The highest BCUT2D eigenvalue weighted by molar-refractivity contribution is 6.02. The zero-order valence-electron chi connectivity index (χ0n) is 15.3. The maximum atomic E-state index is 12.7. The lowest BCUT2D eigenvalue weighted by Crippen LogP contribution is -2.49. The van der Waals surface area contributed by atoms with E-state index in [2.05, 4.69) is 20.5 Å². The zero-order valence-corrected chi connectivity index (χ0v) is 15.3. The predicted molar refractivity (Wildman–Crippen MR) is 102 cm³/mol. The number of aromatic amines is 1. The van der Waals surface area contributed by atoms with Gasteiger partial charge in [-0.25, -0.2) is 4.98 Å². The number of rotatable bonds is 4. The molecule has 4 rings (SSSR count). The van der Waals surface area contributed by atoms with Crippen LogP contribution in [-0.2, 0) is 11.2 Å². The molecule has 0 bridgehead atoms. The van der Waals surface area contributed by atoms with Crippen molar-refractivity contribution in [2.24, 2.45) is 0 Å². The summed E-state index contributed by atoms with van der Waals surface area (Å²) in [4.78, 5) is 30.9. The van der Waals surface area contributed by atoms with E-state index in [4.69, 9.17) is 4.74 Å². The molecule has 0 aliphatic carbocycles. The topological polar surface area (TPSA) is 100 Å². The van der Waals surface area contributed by atoms with Crippen molar-refractivity contribution in [3.63, 3.8) is 0 Å². The second kappa shape index (κ2) is 7.51. The Labute approximate surface area is 161 Å². The van der Waals surface area contributed by atoms with Gasteiger partial charge in [0, 0.05) is 13.5 Å². The maximum absolute atomic E-state index is 12.7. The second-order valence-electron chi connectivity index (χ2n) is 6.47. The molecule has 1 aliphatic rings. The first kappa shape index (κ1) is 17.7. The van der Waals surface area contributed by atoms with Crippen LogP contribution in [0.2, 0.25) is 0 Å². The van der Waals surface area contributed by atoms with Crippen molar-refractivity contribution in [2.75, 3.05) is 18.6 Å². The van der Waals surface area contributed by atoms with Crippen molar-refractivity contribution in [1.29, 1.82) is 0 Å². The van der Waals surface area contributed by atoms with E-state index < -0.39 is 11.9 Å². The Balaban J connectivity index is 1.45. The van der Waals surface area contributed by atoms with E-state index in [0.29, 0.717) is 23.7 Å². The Morgan fingerprint density at radius 3 is 2.79 bits per heavy atom. The van der Waals surface area contributed by atoms with E-state index in [1.807, 2.05) is 42.5 Å². The lowest BCUT2D eigenvalue weighted by atomic mass is 10.1. The van der Waals surface area contributed by atoms with E-state index >= 15 is 0 Å². The number of benzene rings is 2. The van der Waals surface area contributed by atoms with Crippen molar-refractivity contribution in [3.8, 4) is 5.75 Å². The van der Waals surface area contributed by atoms with Crippen LogP contribution in [0.15, 0.2) is 54.6 Å². The zero-order chi connectivity index (χ0) is 19.5. The van der Waals surface area contributed by atoms with Crippen LogP contribution >= 0.6 is 0 Å². The van der Waals surface area contributed by atoms with Crippen LogP contribution in [0.3, 0.4) is 0 Å². The summed E-state index contributed by atoms with van der Waals surface area (Å²) in [6.07, 6.45) is 0.532. The number of aromatic nitrogens is 3. The van der Waals surface area contributed by atoms with Crippen LogP contribution in [-0.4, -0.2) is 46.7 Å². The van der Waals surface area contributed by atoms with Crippen molar-refractivity contribution >= 4 is 17.5 Å². The molecule has 3 aromatic rings. The summed E-state index contributed by atoms with van der Waals surface area (Å²) in [7, 11) is 1.65. The van der Waals surface area contributed by atoms with Crippen molar-refractivity contribution < 1.29 is 14.3 Å². The lowest BCUT2D eigenvalue weighted by Gasteiger charge is -2.19. The number of amides is 2. The van der Waals surface area contributed by atoms with Crippen LogP contribution in [0.4, 0.5) is 5.69 Å². The number of H-pyrrole nitrogens is 1. The van der Waals surface area contributed by atoms with E-state index in [0.717, 1.165) is 5.56 Å². The molecule has 2 amide bonds. The monoisotopic (exact) mass is 377 g/mol. The second-order valence-corrected chi connectivity index (χ2v) is 6.47. The molecule has 0 saturated carbocycles. The Morgan fingerprint density at radius 2 is 1.96 bits per heavy atom. The van der Waals surface area contributed by atoms with Crippen LogP contribution in [0.25, 0.3) is 0 Å². The minimum atomic E-state index is -0.832. The number of nitrogens with zero attached hydrogens (tertiary/aromatic N) is 3. The highest BCUT2D eigenvalue weighted by Crippen LogP contribution is 2.29. The molecule has 1 unspecified atom stereocenters. The number of likely N-dealkylation sites (N-methyl/N-ethyl adjacent to an activating group) is 1. The molecule has 28 heavy (non-hydrogen) atoms. The van der Waals surface area contributed by atoms with Crippen LogP contribution in [0, 0.1) is 0 Å². The van der Waals surface area contributed by atoms with E-state index in [1.165, 1.54) is 4.90 Å². The number of fused-ring (bicyclic) bond motifs is 1. The average molecular weight is 377 g/mol. The molecule has 8 heteroatoms. The van der Waals surface area contributed by atoms with Gasteiger partial charge in [0.1, 0.15) is 24.2 Å². The first-order valence-electron chi connectivity index (χ1n) is 8.87. The molecule has 0 radical (unpaired) electrons. The molecule has 0 spiro atoms. The molecule has 0 saturated heterocycles. The fourth-order valence-corrected chi connectivity index (χ4v) is 3.04. The quantitative estimate of drug-likeness (QED) is 0.719. The third-order valence-electron chi connectivity index (χ3n) is 4.52. The summed E-state index contributed by atoms with van der Waals surface area (Å²) < 4.78 is 5.70. The maximum Gasteiger partial charge on any atom is 0.291 e. The number of anilines is 1. The van der Waals surface area contributed by atoms with E-state index in [-0.39, 0.29) is 18.3 Å². The van der Waals surface area contributed by atoms with Gasteiger partial charge in [-0.2, -0.15) is 0 Å². The number of para-hydroxylation sites is 2. The highest BCUT2D eigenvalue weighted by Gasteiger charge is 2.31. The fraction of sp³-hybridized carbons (Fsp3) is 0.200. The number of ether oxygens (including phenoxy) is 1. The Morgan fingerprint density at radius 1 is 1.21 bits per heavy atom. The fourth-order valence-electron chi connectivity index (χ4n) is 3.04. The van der Waals surface area contributed by atoms with Crippen molar-refractivity contribution in [3.05, 3.63) is 71.8 Å². The molecular weight excluding hydrogens is 358 g/mol. The molecule has 2 N–H and O–H groups in total. The molecule has 8 nitrogen and oxygen atoms in total. The molecular formula is C20H19N5O3. The first-order chi connectivity index (χ1) is 13.6. The number of carbonyl (C=O) groups is 2. The van der Waals surface area contributed by atoms with Gasteiger partial charge in [0.2, 0.25) is 5.82 Å². The predicted octanol–water partition coefficient (Wildman–Crippen LogP) is 1.55. The molecule has 1 aliphatic heterocycles. The first-order valence-corrected chi connectivity index (χ1v) is 8.87. The van der Waals surface area contributed by atoms with Crippen LogP contribution in [0.5, 0.6) is 5.75 Å². The smallest absolute Gasteiger partial charge is 0.291 e. The van der Waals surface area contributed by atoms with E-state index in [9.17, 15) is 9.59 Å². The Kier molecular flexibility index (Phi) is 4.76. The average Bonchev–Trinajstić information content (AvgIpc) is 3.15. The van der Waals surface area contributed by atoms with Gasteiger partial charge in [0.05, 0.1) is 5.69 Å². The standard InChI is InChI=1S/C20H19N5O3/c1-25-15-9-5-6-10-16(15)28-12-14(20(25)27)21-19(26)18-22-17(23-24-18)11-13-7-3-2-4-8-13/h2-10,14H,11-12H2,1H3,(H,21,26)(H,22,23,24). The normalized spacial score (nSPS) is 16.1. The summed E-state index contributed by atoms with van der Waals surface area (Å²) in [6, 6.07) is 16.2. The van der Waals surface area contributed by atoms with Gasteiger partial charge in [-0.15, -0.1) is 5.10 Å². The molecule has 2 heterocycles. The highest BCUT2D eigenvalue weighted by atomic mass is 16.5. The van der Waals surface area contributed by atoms with Crippen molar-refractivity contribution in [1.82, 2.24) is 20.5 Å². The lowest BCUT2D eigenvalue weighted by molar-refractivity contribution is -0.120. The van der Waals surface area contributed by atoms with E-state index in [1.54, 1.807) is 19.2 Å². The van der Waals surface area contributed by atoms with Gasteiger partial charge in [-0.3, -0.25) is 14.7 Å². The molecule has 142 valence electrons. The van der Waals surface area contributed by atoms with Gasteiger partial charge in [-0.05, 0) is 17.7 Å². The van der Waals surface area contributed by atoms with Gasteiger partial charge in [-0.1, -0.05) is 42.5 Å². The summed E-state index contributed by atoms with van der Waals surface area (Å²) in [5.41, 5.74) is 1.71. The Bertz CT molecular complexity index is 1000. The van der Waals surface area contributed by atoms with Crippen LogP contribution in [0.1, 0.15) is 22.0 Å². The summed E-state index contributed by atoms with van der Waals surface area (Å²) in [6.45, 7) is 0.0349. The molecule has 1 aromatic heterocycles. The van der Waals surface area contributed by atoms with Gasteiger partial charge in [0.25, 0.3) is 11.8 Å².